The topological polar surface area (TPSA) is 81.2 Å². The highest BCUT2D eigenvalue weighted by Crippen LogP contribution is 2.25. The normalized spacial score (nSPS) is 10.8. The molecule has 0 fully saturated rings. The van der Waals surface area contributed by atoms with Crippen molar-refractivity contribution in [1.29, 1.82) is 0 Å². The van der Waals surface area contributed by atoms with Gasteiger partial charge in [-0.15, -0.1) is 22.7 Å². The van der Waals surface area contributed by atoms with Gasteiger partial charge in [-0.2, -0.15) is 0 Å². The Morgan fingerprint density at radius 3 is 2.75 bits per heavy atom. The predicted octanol–water partition coefficient (Wildman–Crippen LogP) is 4.52. The second-order valence-corrected chi connectivity index (χ2v) is 7.81. The summed E-state index contributed by atoms with van der Waals surface area (Å²) in [6.07, 6.45) is 0. The highest BCUT2D eigenvalue weighted by atomic mass is 32.1. The summed E-state index contributed by atoms with van der Waals surface area (Å²) in [5.74, 6) is -0.984. The third kappa shape index (κ3) is 4.08. The van der Waals surface area contributed by atoms with Gasteiger partial charge in [0.15, 0.2) is 11.7 Å². The summed E-state index contributed by atoms with van der Waals surface area (Å²) in [4.78, 5) is 32.8. The first-order valence-corrected chi connectivity index (χ1v) is 10.2. The number of anilines is 1. The fourth-order valence-electron chi connectivity index (χ4n) is 2.54. The lowest BCUT2D eigenvalue weighted by Gasteiger charge is -2.05. The lowest BCUT2D eigenvalue weighted by atomic mass is 10.1. The van der Waals surface area contributed by atoms with Gasteiger partial charge in [0, 0.05) is 10.9 Å². The van der Waals surface area contributed by atoms with Crippen LogP contribution in [0.3, 0.4) is 0 Å². The molecule has 4 rings (SSSR count). The number of benzene rings is 2. The summed E-state index contributed by atoms with van der Waals surface area (Å²) in [5, 5.41) is 4.99. The Morgan fingerprint density at radius 1 is 1.11 bits per heavy atom. The zero-order valence-electron chi connectivity index (χ0n) is 14.8. The molecule has 0 saturated carbocycles. The third-order valence-electron chi connectivity index (χ3n) is 4.00. The number of thiazole rings is 2. The molecular formula is C20H15N3O3S2. The molecule has 28 heavy (non-hydrogen) atoms. The molecule has 0 bridgehead atoms. The lowest BCUT2D eigenvalue weighted by Crippen LogP contribution is -2.20. The van der Waals surface area contributed by atoms with Gasteiger partial charge >= 0.3 is 5.97 Å². The van der Waals surface area contributed by atoms with Crippen LogP contribution in [0, 0.1) is 6.92 Å². The van der Waals surface area contributed by atoms with Gasteiger partial charge in [0.25, 0.3) is 5.91 Å². The van der Waals surface area contributed by atoms with Crippen LogP contribution in [0.4, 0.5) is 5.13 Å². The van der Waals surface area contributed by atoms with E-state index >= 15 is 0 Å². The van der Waals surface area contributed by atoms with Crippen LogP contribution in [0.25, 0.3) is 21.5 Å². The smallest absolute Gasteiger partial charge is 0.338 e. The first kappa shape index (κ1) is 18.3. The first-order valence-electron chi connectivity index (χ1n) is 8.41. The van der Waals surface area contributed by atoms with Crippen LogP contribution in [-0.4, -0.2) is 28.5 Å². The van der Waals surface area contributed by atoms with Gasteiger partial charge in [0.1, 0.15) is 0 Å². The molecule has 8 heteroatoms. The van der Waals surface area contributed by atoms with Gasteiger partial charge in [-0.3, -0.25) is 10.1 Å². The molecule has 0 atom stereocenters. The van der Waals surface area contributed by atoms with E-state index in [0.717, 1.165) is 21.5 Å². The molecule has 140 valence electrons. The second kappa shape index (κ2) is 7.87. The van der Waals surface area contributed by atoms with E-state index in [1.807, 2.05) is 36.6 Å². The number of fused-ring (bicyclic) bond motifs is 1. The number of carbonyl (C=O) groups is 2. The SMILES string of the molecule is Cc1ccc(-c2csc(NC(=O)COC(=O)c3ccc4ncsc4c3)n2)cc1. The zero-order valence-corrected chi connectivity index (χ0v) is 16.5. The Hall–Kier alpha value is -3.10. The van der Waals surface area contributed by atoms with E-state index in [1.165, 1.54) is 28.2 Å². The fraction of sp³-hybridized carbons (Fsp3) is 0.100. The van der Waals surface area contributed by atoms with E-state index in [9.17, 15) is 9.59 Å². The Kier molecular flexibility index (Phi) is 5.14. The number of rotatable bonds is 5. The van der Waals surface area contributed by atoms with E-state index in [0.29, 0.717) is 10.7 Å². The number of hydrogen-bond acceptors (Lipinski definition) is 7. The maximum atomic E-state index is 12.2. The molecule has 1 amide bonds. The molecule has 2 aromatic carbocycles. The Bertz CT molecular complexity index is 1150. The molecule has 1 N–H and O–H groups in total. The average molecular weight is 409 g/mol. The van der Waals surface area contributed by atoms with Crippen molar-refractivity contribution in [2.24, 2.45) is 0 Å². The molecule has 2 aromatic heterocycles. The van der Waals surface area contributed by atoms with Crippen molar-refractivity contribution in [2.45, 2.75) is 6.92 Å². The van der Waals surface area contributed by atoms with Crippen LogP contribution in [0.2, 0.25) is 0 Å². The Labute approximate surface area is 168 Å². The van der Waals surface area contributed by atoms with Gasteiger partial charge in [-0.25, -0.2) is 14.8 Å². The molecule has 0 aliphatic carbocycles. The van der Waals surface area contributed by atoms with Crippen LogP contribution in [0.1, 0.15) is 15.9 Å². The third-order valence-corrected chi connectivity index (χ3v) is 5.55. The summed E-state index contributed by atoms with van der Waals surface area (Å²) in [6, 6.07) is 13.1. The molecule has 0 saturated heterocycles. The van der Waals surface area contributed by atoms with E-state index in [2.05, 4.69) is 15.3 Å². The van der Waals surface area contributed by atoms with Crippen molar-refractivity contribution in [3.8, 4) is 11.3 Å². The second-order valence-electron chi connectivity index (χ2n) is 6.06. The minimum Gasteiger partial charge on any atom is -0.452 e. The highest BCUT2D eigenvalue weighted by Gasteiger charge is 2.13. The highest BCUT2D eigenvalue weighted by molar-refractivity contribution is 7.16. The molecule has 0 radical (unpaired) electrons. The quantitative estimate of drug-likeness (QED) is 0.490. The summed E-state index contributed by atoms with van der Waals surface area (Å²) in [6.45, 7) is 1.65. The standard InChI is InChI=1S/C20H15N3O3S2/c1-12-2-4-13(5-3-12)16-10-27-20(22-16)23-18(24)9-26-19(25)14-6-7-15-17(8-14)28-11-21-15/h2-8,10-11H,9H2,1H3,(H,22,23,24). The minimum atomic E-state index is -0.551. The number of aromatic nitrogens is 2. The molecule has 2 heterocycles. The summed E-state index contributed by atoms with van der Waals surface area (Å²) in [7, 11) is 0. The number of esters is 1. The van der Waals surface area contributed by atoms with Crippen molar-refractivity contribution in [2.75, 3.05) is 11.9 Å². The summed E-state index contributed by atoms with van der Waals surface area (Å²) >= 11 is 2.76. The fourth-order valence-corrected chi connectivity index (χ4v) is 3.99. The minimum absolute atomic E-state index is 0.376. The maximum Gasteiger partial charge on any atom is 0.338 e. The number of hydrogen-bond donors (Lipinski definition) is 1. The largest absolute Gasteiger partial charge is 0.452 e. The van der Waals surface area contributed by atoms with Crippen LogP contribution in [0.15, 0.2) is 53.4 Å². The Morgan fingerprint density at radius 2 is 1.93 bits per heavy atom. The van der Waals surface area contributed by atoms with Gasteiger partial charge in [0.05, 0.1) is 27.0 Å². The van der Waals surface area contributed by atoms with Crippen molar-refractivity contribution in [1.82, 2.24) is 9.97 Å². The number of nitrogens with one attached hydrogen (secondary N) is 1. The monoisotopic (exact) mass is 409 g/mol. The van der Waals surface area contributed by atoms with E-state index < -0.39 is 11.9 Å². The van der Waals surface area contributed by atoms with Crippen molar-refractivity contribution < 1.29 is 14.3 Å². The number of aryl methyl sites for hydroxylation is 1. The number of carbonyl (C=O) groups excluding carboxylic acids is 2. The predicted molar refractivity (Wildman–Crippen MR) is 111 cm³/mol. The number of ether oxygens (including phenoxy) is 1. The molecule has 0 aliphatic rings. The van der Waals surface area contributed by atoms with Gasteiger partial charge < -0.3 is 4.74 Å². The first-order chi connectivity index (χ1) is 13.6. The molecule has 0 spiro atoms. The van der Waals surface area contributed by atoms with E-state index in [1.54, 1.807) is 23.7 Å². The molecular weight excluding hydrogens is 394 g/mol. The van der Waals surface area contributed by atoms with Crippen molar-refractivity contribution in [3.05, 3.63) is 64.5 Å². The average Bonchev–Trinajstić information content (AvgIpc) is 3.35. The summed E-state index contributed by atoms with van der Waals surface area (Å²) in [5.41, 5.74) is 5.87. The van der Waals surface area contributed by atoms with Gasteiger partial charge in [-0.05, 0) is 25.1 Å². The van der Waals surface area contributed by atoms with Crippen molar-refractivity contribution in [3.63, 3.8) is 0 Å². The molecule has 0 aliphatic heterocycles. The molecule has 6 nitrogen and oxygen atoms in total. The van der Waals surface area contributed by atoms with Crippen molar-refractivity contribution >= 4 is 49.9 Å². The van der Waals surface area contributed by atoms with Gasteiger partial charge in [-0.1, -0.05) is 29.8 Å². The van der Waals surface area contributed by atoms with Crippen LogP contribution < -0.4 is 5.32 Å². The van der Waals surface area contributed by atoms with E-state index in [4.69, 9.17) is 4.74 Å². The van der Waals surface area contributed by atoms with E-state index in [-0.39, 0.29) is 6.61 Å². The maximum absolute atomic E-state index is 12.2. The number of nitrogens with zero attached hydrogens (tertiary/aromatic N) is 2. The lowest BCUT2D eigenvalue weighted by molar-refractivity contribution is -0.119. The van der Waals surface area contributed by atoms with Crippen LogP contribution >= 0.6 is 22.7 Å². The number of amides is 1. The van der Waals surface area contributed by atoms with Crippen LogP contribution in [0.5, 0.6) is 0 Å². The van der Waals surface area contributed by atoms with Crippen LogP contribution in [-0.2, 0) is 9.53 Å². The summed E-state index contributed by atoms with van der Waals surface area (Å²) < 4.78 is 6.00. The Balaban J connectivity index is 1.34. The molecule has 4 aromatic rings. The molecule has 0 unspecified atom stereocenters. The van der Waals surface area contributed by atoms with Gasteiger partial charge in [0.2, 0.25) is 0 Å². The zero-order chi connectivity index (χ0) is 19.5.